The van der Waals surface area contributed by atoms with Crippen molar-refractivity contribution in [3.8, 4) is 5.75 Å². The third kappa shape index (κ3) is 6.12. The van der Waals surface area contributed by atoms with Crippen molar-refractivity contribution < 1.29 is 19.4 Å². The minimum absolute atomic E-state index is 0.0776. The van der Waals surface area contributed by atoms with Crippen LogP contribution in [0.1, 0.15) is 53.9 Å². The normalized spacial score (nSPS) is 16.1. The molecule has 0 saturated carbocycles. The van der Waals surface area contributed by atoms with E-state index in [-0.39, 0.29) is 22.2 Å². The molecule has 236 valence electrons. The maximum atomic E-state index is 13.8. The van der Waals surface area contributed by atoms with E-state index >= 15 is 0 Å². The molecule has 1 saturated heterocycles. The number of rotatable bonds is 10. The Bertz CT molecular complexity index is 1990. The second kappa shape index (κ2) is 13.4. The number of fused-ring (bicyclic) bond motifs is 1. The Morgan fingerprint density at radius 2 is 1.87 bits per heavy atom. The lowest BCUT2D eigenvalue weighted by Gasteiger charge is -2.22. The number of halogens is 2. The number of anilines is 1. The Hall–Kier alpha value is -3.90. The molecule has 2 aromatic carbocycles. The van der Waals surface area contributed by atoms with Crippen molar-refractivity contribution in [2.75, 3.05) is 11.5 Å². The van der Waals surface area contributed by atoms with E-state index in [1.807, 2.05) is 42.6 Å². The predicted molar refractivity (Wildman–Crippen MR) is 182 cm³/mol. The molecule has 0 spiro atoms. The van der Waals surface area contributed by atoms with Gasteiger partial charge in [0.2, 0.25) is 5.13 Å². The zero-order valence-electron chi connectivity index (χ0n) is 25.2. The van der Waals surface area contributed by atoms with Gasteiger partial charge in [0.1, 0.15) is 17.1 Å². The number of unbranched alkanes of at least 4 members (excludes halogenated alkanes) is 1. The number of hydrogen-bond donors (Lipinski definition) is 1. The first-order valence-electron chi connectivity index (χ1n) is 14.6. The minimum atomic E-state index is -0.980. The number of Topliss-reactive ketones (excluding diaryl/α,β-unsaturated/α-hetero) is 1. The molecule has 0 bridgehead atoms. The first-order valence-corrected chi connectivity index (χ1v) is 17.1. The van der Waals surface area contributed by atoms with Crippen LogP contribution in [-0.4, -0.2) is 43.0 Å². The van der Waals surface area contributed by atoms with Crippen LogP contribution >= 0.6 is 46.3 Å². The Morgan fingerprint density at radius 1 is 1.09 bits per heavy atom. The topological polar surface area (TPSA) is 110 Å². The van der Waals surface area contributed by atoms with Crippen molar-refractivity contribution in [2.45, 2.75) is 49.7 Å². The maximum absolute atomic E-state index is 13.8. The van der Waals surface area contributed by atoms with E-state index < -0.39 is 17.7 Å². The monoisotopic (exact) mass is 693 g/mol. The molecule has 1 aliphatic rings. The quantitative estimate of drug-likeness (QED) is 0.0389. The van der Waals surface area contributed by atoms with E-state index in [0.717, 1.165) is 24.0 Å². The molecule has 4 heterocycles. The standard InChI is InChI=1S/C33H29Cl2N5O4S2/c1-4-5-15-44-23-12-9-20(10-13-23)27-25(28(41)26-19(3)39-14-6-7-18(2)30(39)36-26)29(42)31(43)40(27)32-37-38-33(46-32)45-17-21-8-11-22(34)16-24(21)35/h6-14,16,27,41H,4-5,15,17H2,1-3H3. The van der Waals surface area contributed by atoms with Gasteiger partial charge in [-0.2, -0.15) is 0 Å². The number of aliphatic hydroxyl groups is 1. The SMILES string of the molecule is CCCCOc1ccc(C2C(=C(O)c3nc4c(C)cccn4c3C)C(=O)C(=O)N2c2nnc(SCc3ccc(Cl)cc3Cl)s2)cc1. The molecule has 9 nitrogen and oxygen atoms in total. The van der Waals surface area contributed by atoms with E-state index in [1.165, 1.54) is 28.0 Å². The van der Waals surface area contributed by atoms with E-state index in [9.17, 15) is 14.7 Å². The van der Waals surface area contributed by atoms with Crippen molar-refractivity contribution >= 4 is 74.5 Å². The van der Waals surface area contributed by atoms with Gasteiger partial charge in [-0.1, -0.05) is 83.9 Å². The number of pyridine rings is 1. The first kappa shape index (κ1) is 32.1. The molecule has 0 aliphatic carbocycles. The second-order valence-electron chi connectivity index (χ2n) is 10.7. The predicted octanol–water partition coefficient (Wildman–Crippen LogP) is 8.21. The van der Waals surface area contributed by atoms with Gasteiger partial charge in [-0.25, -0.2) is 4.98 Å². The van der Waals surface area contributed by atoms with Crippen LogP contribution in [0.25, 0.3) is 11.4 Å². The summed E-state index contributed by atoms with van der Waals surface area (Å²) < 4.78 is 8.27. The van der Waals surface area contributed by atoms with E-state index in [4.69, 9.17) is 27.9 Å². The number of hydrogen-bond acceptors (Lipinski definition) is 9. The molecule has 1 atom stereocenters. The summed E-state index contributed by atoms with van der Waals surface area (Å²) in [4.78, 5) is 33.5. The summed E-state index contributed by atoms with van der Waals surface area (Å²) in [6.07, 6.45) is 3.76. The highest BCUT2D eigenvalue weighted by atomic mass is 35.5. The van der Waals surface area contributed by atoms with Crippen molar-refractivity contribution in [2.24, 2.45) is 0 Å². The third-order valence-corrected chi connectivity index (χ3v) is 10.4. The molecule has 1 unspecified atom stereocenters. The number of carbonyl (C=O) groups excluding carboxylic acids is 2. The number of benzene rings is 2. The number of imidazole rings is 1. The Kier molecular flexibility index (Phi) is 9.37. The minimum Gasteiger partial charge on any atom is -0.505 e. The lowest BCUT2D eigenvalue weighted by Crippen LogP contribution is -2.29. The molecule has 1 N–H and O–H groups in total. The molecular formula is C33H29Cl2N5O4S2. The highest BCUT2D eigenvalue weighted by Gasteiger charge is 2.49. The van der Waals surface area contributed by atoms with Crippen molar-refractivity contribution in [3.05, 3.63) is 104 Å². The van der Waals surface area contributed by atoms with Crippen molar-refractivity contribution in [3.63, 3.8) is 0 Å². The molecular weight excluding hydrogens is 665 g/mol. The molecule has 46 heavy (non-hydrogen) atoms. The summed E-state index contributed by atoms with van der Waals surface area (Å²) in [6, 6.07) is 15.3. The average molecular weight is 695 g/mol. The van der Waals surface area contributed by atoms with Crippen LogP contribution in [0.15, 0.2) is 70.7 Å². The van der Waals surface area contributed by atoms with Crippen LogP contribution < -0.4 is 9.64 Å². The van der Waals surface area contributed by atoms with Crippen LogP contribution in [0.3, 0.4) is 0 Å². The van der Waals surface area contributed by atoms with Gasteiger partial charge in [0, 0.05) is 22.0 Å². The van der Waals surface area contributed by atoms with Gasteiger partial charge in [-0.15, -0.1) is 10.2 Å². The zero-order valence-corrected chi connectivity index (χ0v) is 28.3. The summed E-state index contributed by atoms with van der Waals surface area (Å²) in [5.41, 5.74) is 3.80. The molecule has 6 rings (SSSR count). The number of aryl methyl sites for hydroxylation is 2. The van der Waals surface area contributed by atoms with Crippen molar-refractivity contribution in [1.29, 1.82) is 0 Å². The number of aromatic nitrogens is 4. The Labute approximate surface area is 283 Å². The first-order chi connectivity index (χ1) is 22.2. The zero-order chi connectivity index (χ0) is 32.5. The van der Waals surface area contributed by atoms with Gasteiger partial charge in [0.25, 0.3) is 5.78 Å². The molecule has 3 aromatic heterocycles. The van der Waals surface area contributed by atoms with Gasteiger partial charge in [0.05, 0.1) is 23.9 Å². The summed E-state index contributed by atoms with van der Waals surface area (Å²) in [5.74, 6) is -0.849. The largest absolute Gasteiger partial charge is 0.505 e. The molecule has 1 amide bonds. The number of amides is 1. The molecule has 0 radical (unpaired) electrons. The Morgan fingerprint density at radius 3 is 2.59 bits per heavy atom. The van der Waals surface area contributed by atoms with Crippen LogP contribution in [0, 0.1) is 13.8 Å². The second-order valence-corrected chi connectivity index (χ2v) is 13.8. The number of carbonyl (C=O) groups is 2. The van der Waals surface area contributed by atoms with E-state index in [1.54, 1.807) is 36.4 Å². The number of nitrogens with zero attached hydrogens (tertiary/aromatic N) is 5. The summed E-state index contributed by atoms with van der Waals surface area (Å²) >= 11 is 15.0. The lowest BCUT2D eigenvalue weighted by molar-refractivity contribution is -0.132. The van der Waals surface area contributed by atoms with E-state index in [2.05, 4.69) is 22.1 Å². The van der Waals surface area contributed by atoms with Gasteiger partial charge in [-0.3, -0.25) is 14.5 Å². The highest BCUT2D eigenvalue weighted by molar-refractivity contribution is 8.00. The van der Waals surface area contributed by atoms with Crippen LogP contribution in [0.2, 0.25) is 10.0 Å². The number of ether oxygens (including phenoxy) is 1. The smallest absolute Gasteiger partial charge is 0.301 e. The highest BCUT2D eigenvalue weighted by Crippen LogP contribution is 2.44. The fourth-order valence-electron chi connectivity index (χ4n) is 5.24. The summed E-state index contributed by atoms with van der Waals surface area (Å²) in [5, 5.41) is 21.7. The molecule has 1 fully saturated rings. The average Bonchev–Trinajstić information content (AvgIpc) is 3.72. The van der Waals surface area contributed by atoms with Gasteiger partial charge < -0.3 is 14.2 Å². The lowest BCUT2D eigenvalue weighted by atomic mass is 9.96. The fraction of sp³-hybridized carbons (Fsp3) is 0.242. The Balaban J connectivity index is 1.40. The third-order valence-electron chi connectivity index (χ3n) is 7.68. The fourth-order valence-corrected chi connectivity index (χ4v) is 7.66. The number of thioether (sulfide) groups is 1. The van der Waals surface area contributed by atoms with Gasteiger partial charge in [-0.05, 0) is 67.3 Å². The van der Waals surface area contributed by atoms with Gasteiger partial charge in [0.15, 0.2) is 10.1 Å². The van der Waals surface area contributed by atoms with Crippen LogP contribution in [-0.2, 0) is 15.3 Å². The van der Waals surface area contributed by atoms with E-state index in [0.29, 0.717) is 49.4 Å². The van der Waals surface area contributed by atoms with Crippen LogP contribution in [0.5, 0.6) is 5.75 Å². The molecule has 5 aromatic rings. The summed E-state index contributed by atoms with van der Waals surface area (Å²) in [7, 11) is 0. The van der Waals surface area contributed by atoms with Crippen LogP contribution in [0.4, 0.5) is 5.13 Å². The van der Waals surface area contributed by atoms with Crippen molar-refractivity contribution in [1.82, 2.24) is 19.6 Å². The molecule has 13 heteroatoms. The number of aliphatic hydroxyl groups excluding tert-OH is 1. The molecule has 1 aliphatic heterocycles. The summed E-state index contributed by atoms with van der Waals surface area (Å²) in [6.45, 7) is 6.39. The maximum Gasteiger partial charge on any atom is 0.301 e. The van der Waals surface area contributed by atoms with Gasteiger partial charge >= 0.3 is 5.91 Å². The number of ketones is 1.